The van der Waals surface area contributed by atoms with Crippen LogP contribution >= 0.6 is 11.3 Å². The molecule has 1 aliphatic heterocycles. The molecule has 2 atom stereocenters. The first-order valence-electron chi connectivity index (χ1n) is 10.2. The maximum atomic E-state index is 12.9. The summed E-state index contributed by atoms with van der Waals surface area (Å²) in [5.74, 6) is 0.310. The maximum absolute atomic E-state index is 12.9. The third kappa shape index (κ3) is 3.64. The van der Waals surface area contributed by atoms with Crippen LogP contribution in [0.25, 0.3) is 21.3 Å². The molecule has 1 saturated heterocycles. The number of piperidine rings is 1. The molecule has 1 aliphatic rings. The molecule has 7 nitrogen and oxygen atoms in total. The number of aromatic nitrogens is 3. The molecule has 0 radical (unpaired) electrons. The molecule has 30 heavy (non-hydrogen) atoms. The summed E-state index contributed by atoms with van der Waals surface area (Å²) in [6.45, 7) is 3.69. The number of carbonyl (C=O) groups is 1. The molecule has 2 aromatic carbocycles. The van der Waals surface area contributed by atoms with Crippen LogP contribution in [-0.4, -0.2) is 44.9 Å². The molecular formula is C22H23N5O2S. The highest BCUT2D eigenvalue weighted by Crippen LogP contribution is 2.33. The summed E-state index contributed by atoms with van der Waals surface area (Å²) >= 11 is 1.76. The summed E-state index contributed by atoms with van der Waals surface area (Å²) in [5, 5.41) is 4.15. The molecule has 0 saturated carbocycles. The van der Waals surface area contributed by atoms with Crippen molar-refractivity contribution in [3.63, 3.8) is 0 Å². The number of hydrogen-bond acceptors (Lipinski definition) is 5. The molecule has 1 fully saturated rings. The van der Waals surface area contributed by atoms with E-state index >= 15 is 0 Å². The van der Waals surface area contributed by atoms with E-state index in [0.717, 1.165) is 42.0 Å². The Balaban J connectivity index is 1.28. The van der Waals surface area contributed by atoms with Gasteiger partial charge in [0.05, 0.1) is 32.3 Å². The van der Waals surface area contributed by atoms with E-state index in [2.05, 4.69) is 32.3 Å². The predicted molar refractivity (Wildman–Crippen MR) is 120 cm³/mol. The highest BCUT2D eigenvalue weighted by molar-refractivity contribution is 7.18. The number of benzene rings is 2. The Bertz CT molecular complexity index is 1240. The summed E-state index contributed by atoms with van der Waals surface area (Å²) < 4.78 is 1.22. The van der Waals surface area contributed by atoms with Crippen molar-refractivity contribution in [2.24, 2.45) is 0 Å². The summed E-state index contributed by atoms with van der Waals surface area (Å²) in [4.78, 5) is 36.8. The fourth-order valence-electron chi connectivity index (χ4n) is 4.15. The lowest BCUT2D eigenvalue weighted by Crippen LogP contribution is -2.46. The molecule has 3 heterocycles. The van der Waals surface area contributed by atoms with Crippen LogP contribution in [0.2, 0.25) is 0 Å². The molecule has 0 spiro atoms. The van der Waals surface area contributed by atoms with E-state index in [1.807, 2.05) is 19.1 Å². The van der Waals surface area contributed by atoms with Crippen LogP contribution in [0.4, 0.5) is 5.69 Å². The lowest BCUT2D eigenvalue weighted by molar-refractivity contribution is -0.121. The van der Waals surface area contributed by atoms with Gasteiger partial charge in [-0.2, -0.15) is 0 Å². The Labute approximate surface area is 177 Å². The number of likely N-dealkylation sites (tertiary alicyclic amines) is 1. The van der Waals surface area contributed by atoms with Gasteiger partial charge in [0.25, 0.3) is 0 Å². The minimum atomic E-state index is -0.254. The van der Waals surface area contributed by atoms with Crippen molar-refractivity contribution in [1.82, 2.24) is 19.9 Å². The number of imidazole rings is 1. The SMILES string of the molecule is C[C@H](C(=O)Nc1ccc2[nH]c(=O)[nH]c2c1)N1CCC[C@@H](c2nc3ccccc3s2)C1. The van der Waals surface area contributed by atoms with E-state index in [-0.39, 0.29) is 17.6 Å². The summed E-state index contributed by atoms with van der Waals surface area (Å²) in [6, 6.07) is 13.4. The number of fused-ring (bicyclic) bond motifs is 2. The molecule has 0 bridgehead atoms. The zero-order valence-corrected chi connectivity index (χ0v) is 17.5. The number of nitrogens with zero attached hydrogens (tertiary/aromatic N) is 2. The molecule has 0 unspecified atom stereocenters. The van der Waals surface area contributed by atoms with E-state index in [9.17, 15) is 9.59 Å². The number of thiazole rings is 1. The number of carbonyl (C=O) groups excluding carboxylic acids is 1. The van der Waals surface area contributed by atoms with Gasteiger partial charge in [0.1, 0.15) is 0 Å². The molecule has 8 heteroatoms. The number of rotatable bonds is 4. The Hall–Kier alpha value is -2.97. The van der Waals surface area contributed by atoms with Crippen molar-refractivity contribution < 1.29 is 4.79 Å². The van der Waals surface area contributed by atoms with Gasteiger partial charge in [-0.1, -0.05) is 12.1 Å². The molecule has 2 aromatic heterocycles. The van der Waals surface area contributed by atoms with Crippen molar-refractivity contribution in [1.29, 1.82) is 0 Å². The zero-order valence-electron chi connectivity index (χ0n) is 16.6. The maximum Gasteiger partial charge on any atom is 0.323 e. The van der Waals surface area contributed by atoms with Gasteiger partial charge in [-0.3, -0.25) is 9.69 Å². The quantitative estimate of drug-likeness (QED) is 0.469. The average Bonchev–Trinajstić information content (AvgIpc) is 3.35. The second kappa shape index (κ2) is 7.70. The minimum Gasteiger partial charge on any atom is -0.325 e. The first-order chi connectivity index (χ1) is 14.6. The first-order valence-corrected chi connectivity index (χ1v) is 11.0. The first kappa shape index (κ1) is 19.0. The van der Waals surface area contributed by atoms with Crippen molar-refractivity contribution in [2.75, 3.05) is 18.4 Å². The van der Waals surface area contributed by atoms with E-state index < -0.39 is 0 Å². The summed E-state index contributed by atoms with van der Waals surface area (Å²) in [5.41, 5.74) is 2.88. The number of amides is 1. The Morgan fingerprint density at radius 1 is 1.23 bits per heavy atom. The van der Waals surface area contributed by atoms with E-state index in [4.69, 9.17) is 4.98 Å². The molecule has 4 aromatic rings. The van der Waals surface area contributed by atoms with E-state index in [1.165, 1.54) is 4.70 Å². The summed E-state index contributed by atoms with van der Waals surface area (Å²) in [7, 11) is 0. The van der Waals surface area contributed by atoms with Gasteiger partial charge in [-0.15, -0.1) is 11.3 Å². The van der Waals surface area contributed by atoms with Gasteiger partial charge in [-0.25, -0.2) is 9.78 Å². The third-order valence-corrected chi connectivity index (χ3v) is 7.02. The van der Waals surface area contributed by atoms with Crippen LogP contribution in [0.5, 0.6) is 0 Å². The van der Waals surface area contributed by atoms with E-state index in [0.29, 0.717) is 17.1 Å². The number of hydrogen-bond donors (Lipinski definition) is 3. The average molecular weight is 422 g/mol. The van der Waals surface area contributed by atoms with Crippen molar-refractivity contribution in [2.45, 2.75) is 31.7 Å². The topological polar surface area (TPSA) is 93.9 Å². The lowest BCUT2D eigenvalue weighted by atomic mass is 9.97. The number of aromatic amines is 2. The molecule has 0 aliphatic carbocycles. The monoisotopic (exact) mass is 421 g/mol. The van der Waals surface area contributed by atoms with Gasteiger partial charge in [0.15, 0.2) is 0 Å². The number of H-pyrrole nitrogens is 2. The van der Waals surface area contributed by atoms with Gasteiger partial charge in [0, 0.05) is 18.2 Å². The van der Waals surface area contributed by atoms with Crippen LogP contribution in [0.15, 0.2) is 47.3 Å². The van der Waals surface area contributed by atoms with Crippen molar-refractivity contribution in [3.05, 3.63) is 58.0 Å². The largest absolute Gasteiger partial charge is 0.325 e. The fraction of sp³-hybridized carbons (Fsp3) is 0.318. The Morgan fingerprint density at radius 2 is 2.07 bits per heavy atom. The van der Waals surface area contributed by atoms with Crippen LogP contribution in [-0.2, 0) is 4.79 Å². The van der Waals surface area contributed by atoms with Crippen LogP contribution < -0.4 is 11.0 Å². The van der Waals surface area contributed by atoms with Crippen LogP contribution in [0.3, 0.4) is 0 Å². The smallest absolute Gasteiger partial charge is 0.323 e. The second-order valence-electron chi connectivity index (χ2n) is 7.86. The van der Waals surface area contributed by atoms with Crippen molar-refractivity contribution >= 4 is 44.2 Å². The Morgan fingerprint density at radius 3 is 2.93 bits per heavy atom. The number of nitrogens with one attached hydrogen (secondary N) is 3. The molecular weight excluding hydrogens is 398 g/mol. The fourth-order valence-corrected chi connectivity index (χ4v) is 5.24. The molecule has 3 N–H and O–H groups in total. The second-order valence-corrected chi connectivity index (χ2v) is 8.92. The molecule has 1 amide bonds. The highest BCUT2D eigenvalue weighted by atomic mass is 32.1. The van der Waals surface area contributed by atoms with Gasteiger partial charge in [-0.05, 0) is 56.6 Å². The molecule has 154 valence electrons. The minimum absolute atomic E-state index is 0.0443. The van der Waals surface area contributed by atoms with Gasteiger partial charge >= 0.3 is 5.69 Å². The highest BCUT2D eigenvalue weighted by Gasteiger charge is 2.29. The van der Waals surface area contributed by atoms with Gasteiger partial charge < -0.3 is 15.3 Å². The normalized spacial score (nSPS) is 18.6. The van der Waals surface area contributed by atoms with E-state index in [1.54, 1.807) is 29.5 Å². The Kier molecular flexibility index (Phi) is 4.88. The van der Waals surface area contributed by atoms with Crippen LogP contribution in [0, 0.1) is 0 Å². The standard InChI is InChI=1S/C22H23N5O2S/c1-13(20(28)23-15-8-9-16-18(11-15)26-22(29)25-16)27-10-4-5-14(12-27)21-24-17-6-2-3-7-19(17)30-21/h2-3,6-9,11,13-14H,4-5,10,12H2,1H3,(H,23,28)(H2,25,26,29)/t13-,14-/m1/s1. The number of para-hydroxylation sites is 1. The zero-order chi connectivity index (χ0) is 20.7. The van der Waals surface area contributed by atoms with Crippen LogP contribution in [0.1, 0.15) is 30.7 Å². The summed E-state index contributed by atoms with van der Waals surface area (Å²) in [6.07, 6.45) is 2.15. The predicted octanol–water partition coefficient (Wildman–Crippen LogP) is 3.67. The number of anilines is 1. The molecule has 5 rings (SSSR count). The van der Waals surface area contributed by atoms with Gasteiger partial charge in [0.2, 0.25) is 5.91 Å². The third-order valence-electron chi connectivity index (χ3n) is 5.82. The van der Waals surface area contributed by atoms with Crippen molar-refractivity contribution in [3.8, 4) is 0 Å². The lowest BCUT2D eigenvalue weighted by Gasteiger charge is -2.35.